The Morgan fingerprint density at radius 2 is 1.46 bits per heavy atom. The van der Waals surface area contributed by atoms with Gasteiger partial charge in [-0.15, -0.1) is 0 Å². The first-order valence-corrected chi connectivity index (χ1v) is 17.4. The molecule has 0 aliphatic carbocycles. The van der Waals surface area contributed by atoms with Crippen LogP contribution in [0.15, 0.2) is 106 Å². The Morgan fingerprint density at radius 3 is 2.07 bits per heavy atom. The molecule has 1 atom stereocenters. The van der Waals surface area contributed by atoms with Crippen LogP contribution < -0.4 is 9.62 Å². The number of hydrogen-bond acceptors (Lipinski definition) is 4. The Bertz CT molecular complexity index is 1790. The van der Waals surface area contributed by atoms with Crippen molar-refractivity contribution in [3.8, 4) is 0 Å². The van der Waals surface area contributed by atoms with Crippen molar-refractivity contribution < 1.29 is 18.0 Å². The van der Waals surface area contributed by atoms with Gasteiger partial charge >= 0.3 is 0 Å². The highest BCUT2D eigenvalue weighted by Gasteiger charge is 2.35. The quantitative estimate of drug-likeness (QED) is 0.180. The van der Waals surface area contributed by atoms with Crippen molar-refractivity contribution in [2.45, 2.75) is 71.0 Å². The number of carbonyl (C=O) groups excluding carboxylic acids is 2. The van der Waals surface area contributed by atoms with Gasteiger partial charge in [0.15, 0.2) is 0 Å². The molecule has 0 radical (unpaired) electrons. The second kappa shape index (κ2) is 14.6. The molecule has 2 amide bonds. The summed E-state index contributed by atoms with van der Waals surface area (Å²) in [4.78, 5) is 30.2. The van der Waals surface area contributed by atoms with Crippen LogP contribution in [0.3, 0.4) is 0 Å². The molecule has 9 heteroatoms. The summed E-state index contributed by atoms with van der Waals surface area (Å²) in [5.74, 6) is -0.822. The Labute approximate surface area is 281 Å². The second-order valence-corrected chi connectivity index (χ2v) is 15.5. The van der Waals surface area contributed by atoms with E-state index in [2.05, 4.69) is 21.2 Å². The predicted molar refractivity (Wildman–Crippen MR) is 188 cm³/mol. The van der Waals surface area contributed by atoms with Gasteiger partial charge in [0.1, 0.15) is 12.6 Å². The molecular formula is C37H42BrN3O4S. The lowest BCUT2D eigenvalue weighted by atomic mass is 10.0. The van der Waals surface area contributed by atoms with E-state index in [-0.39, 0.29) is 23.8 Å². The maximum absolute atomic E-state index is 14.6. The van der Waals surface area contributed by atoms with Crippen molar-refractivity contribution >= 4 is 43.5 Å². The summed E-state index contributed by atoms with van der Waals surface area (Å²) in [5.41, 5.74) is 4.30. The van der Waals surface area contributed by atoms with Gasteiger partial charge in [-0.05, 0) is 100 Å². The summed E-state index contributed by atoms with van der Waals surface area (Å²) in [6, 6.07) is 28.1. The fourth-order valence-corrected chi connectivity index (χ4v) is 6.94. The molecule has 0 bridgehead atoms. The van der Waals surface area contributed by atoms with E-state index in [1.54, 1.807) is 36.4 Å². The highest BCUT2D eigenvalue weighted by atomic mass is 79.9. The van der Waals surface area contributed by atoms with Crippen LogP contribution in [-0.2, 0) is 32.6 Å². The van der Waals surface area contributed by atoms with Crippen LogP contribution in [0.1, 0.15) is 48.6 Å². The molecule has 0 saturated heterocycles. The molecule has 4 aromatic rings. The fraction of sp³-hybridized carbons (Fsp3) is 0.297. The highest BCUT2D eigenvalue weighted by Crippen LogP contribution is 2.27. The number of hydrogen-bond donors (Lipinski definition) is 1. The number of anilines is 1. The molecule has 4 rings (SSSR count). The molecule has 0 fully saturated rings. The number of nitrogens with zero attached hydrogens (tertiary/aromatic N) is 2. The minimum atomic E-state index is -4.16. The average Bonchev–Trinajstić information content (AvgIpc) is 2.99. The number of rotatable bonds is 11. The Hall–Kier alpha value is -3.95. The molecule has 0 heterocycles. The van der Waals surface area contributed by atoms with Gasteiger partial charge in [-0.1, -0.05) is 82.2 Å². The van der Waals surface area contributed by atoms with Gasteiger partial charge in [-0.25, -0.2) is 8.42 Å². The molecule has 0 unspecified atom stereocenters. The van der Waals surface area contributed by atoms with Crippen LogP contribution in [0.25, 0.3) is 0 Å². The number of sulfonamides is 1. The van der Waals surface area contributed by atoms with Crippen molar-refractivity contribution in [2.75, 3.05) is 10.8 Å². The van der Waals surface area contributed by atoms with Crippen LogP contribution >= 0.6 is 15.9 Å². The lowest BCUT2D eigenvalue weighted by molar-refractivity contribution is -0.140. The molecule has 46 heavy (non-hydrogen) atoms. The third-order valence-electron chi connectivity index (χ3n) is 7.68. The van der Waals surface area contributed by atoms with Gasteiger partial charge < -0.3 is 10.2 Å². The second-order valence-electron chi connectivity index (χ2n) is 12.7. The van der Waals surface area contributed by atoms with Crippen LogP contribution in [0.4, 0.5) is 5.69 Å². The van der Waals surface area contributed by atoms with E-state index < -0.39 is 34.1 Å². The number of benzene rings is 4. The van der Waals surface area contributed by atoms with Crippen LogP contribution in [0, 0.1) is 20.8 Å². The molecule has 0 saturated carbocycles. The van der Waals surface area contributed by atoms with E-state index in [0.29, 0.717) is 5.69 Å². The molecule has 0 aliphatic heterocycles. The first-order chi connectivity index (χ1) is 21.6. The van der Waals surface area contributed by atoms with Crippen molar-refractivity contribution in [1.29, 1.82) is 0 Å². The van der Waals surface area contributed by atoms with E-state index in [1.165, 1.54) is 4.90 Å². The molecule has 7 nitrogen and oxygen atoms in total. The number of halogens is 1. The van der Waals surface area contributed by atoms with E-state index >= 15 is 0 Å². The van der Waals surface area contributed by atoms with Gasteiger partial charge in [0.05, 0.1) is 10.6 Å². The molecule has 242 valence electrons. The van der Waals surface area contributed by atoms with Crippen molar-refractivity contribution in [3.05, 3.63) is 129 Å². The summed E-state index contributed by atoms with van der Waals surface area (Å²) >= 11 is 3.52. The first kappa shape index (κ1) is 34.9. The minimum Gasteiger partial charge on any atom is -0.350 e. The Morgan fingerprint density at radius 1 is 0.804 bits per heavy atom. The molecule has 4 aromatic carbocycles. The summed E-state index contributed by atoms with van der Waals surface area (Å²) in [5, 5.41) is 3.06. The lowest BCUT2D eigenvalue weighted by Gasteiger charge is -2.35. The SMILES string of the molecule is Cc1ccc(S(=O)(=O)N(CC(=O)N(Cc2cccc(Br)c2)[C@@H](Cc2ccccc2)C(=O)NC(C)(C)C)c2ccc(C)c(C)c2)cc1. The zero-order valence-corrected chi connectivity index (χ0v) is 29.7. The van der Waals surface area contributed by atoms with E-state index in [9.17, 15) is 18.0 Å². The zero-order valence-electron chi connectivity index (χ0n) is 27.2. The lowest BCUT2D eigenvalue weighted by Crippen LogP contribution is -2.56. The maximum Gasteiger partial charge on any atom is 0.264 e. The first-order valence-electron chi connectivity index (χ1n) is 15.2. The van der Waals surface area contributed by atoms with Crippen molar-refractivity contribution in [1.82, 2.24) is 10.2 Å². The predicted octanol–water partition coefficient (Wildman–Crippen LogP) is 7.12. The smallest absolute Gasteiger partial charge is 0.264 e. The van der Waals surface area contributed by atoms with Crippen LogP contribution in [-0.4, -0.2) is 43.3 Å². The van der Waals surface area contributed by atoms with E-state index in [4.69, 9.17) is 0 Å². The topological polar surface area (TPSA) is 86.8 Å². The number of aryl methyl sites for hydroxylation is 3. The molecular weight excluding hydrogens is 662 g/mol. The monoisotopic (exact) mass is 703 g/mol. The number of amides is 2. The zero-order chi connectivity index (χ0) is 33.6. The molecule has 0 spiro atoms. The van der Waals surface area contributed by atoms with Gasteiger partial charge in [-0.2, -0.15) is 0 Å². The third kappa shape index (κ3) is 9.07. The molecule has 1 N–H and O–H groups in total. The van der Waals surface area contributed by atoms with Gasteiger partial charge in [0.2, 0.25) is 11.8 Å². The fourth-order valence-electron chi connectivity index (χ4n) is 5.09. The van der Waals surface area contributed by atoms with Gasteiger partial charge in [0.25, 0.3) is 10.0 Å². The average molecular weight is 705 g/mol. The molecule has 0 aromatic heterocycles. The summed E-state index contributed by atoms with van der Waals surface area (Å²) in [7, 11) is -4.16. The molecule has 0 aliphatic rings. The normalized spacial score (nSPS) is 12.3. The summed E-state index contributed by atoms with van der Waals surface area (Å²) in [6.45, 7) is 11.0. The van der Waals surface area contributed by atoms with E-state index in [1.807, 2.05) is 102 Å². The van der Waals surface area contributed by atoms with E-state index in [0.717, 1.165) is 36.6 Å². The van der Waals surface area contributed by atoms with Gasteiger partial charge in [0, 0.05) is 23.0 Å². The Balaban J connectivity index is 1.84. The summed E-state index contributed by atoms with van der Waals surface area (Å²) in [6.07, 6.45) is 0.247. The number of carbonyl (C=O) groups is 2. The maximum atomic E-state index is 14.6. The van der Waals surface area contributed by atoms with Crippen molar-refractivity contribution in [2.24, 2.45) is 0 Å². The van der Waals surface area contributed by atoms with Crippen LogP contribution in [0.2, 0.25) is 0 Å². The summed E-state index contributed by atoms with van der Waals surface area (Å²) < 4.78 is 30.5. The largest absolute Gasteiger partial charge is 0.350 e. The van der Waals surface area contributed by atoms with Crippen molar-refractivity contribution in [3.63, 3.8) is 0 Å². The van der Waals surface area contributed by atoms with Crippen LogP contribution in [0.5, 0.6) is 0 Å². The standard InChI is InChI=1S/C37H42BrN3O4S/c1-26-15-19-33(20-16-26)46(44,45)41(32-18-17-27(2)28(3)21-32)25-35(42)40(24-30-13-10-14-31(38)22-30)34(36(43)39-37(4,5)6)23-29-11-8-7-9-12-29/h7-22,34H,23-25H2,1-6H3,(H,39,43)/t34-/m0/s1. The minimum absolute atomic E-state index is 0.0778. The third-order valence-corrected chi connectivity index (χ3v) is 9.96. The Kier molecular flexibility index (Phi) is 11.1. The number of nitrogens with one attached hydrogen (secondary N) is 1. The van der Waals surface area contributed by atoms with Gasteiger partial charge in [-0.3, -0.25) is 13.9 Å². The highest BCUT2D eigenvalue weighted by molar-refractivity contribution is 9.10.